The van der Waals surface area contributed by atoms with E-state index >= 15 is 0 Å². The predicted molar refractivity (Wildman–Crippen MR) is 123 cm³/mol. The van der Waals surface area contributed by atoms with Crippen molar-refractivity contribution in [2.75, 3.05) is 19.5 Å². The van der Waals surface area contributed by atoms with Crippen molar-refractivity contribution in [2.24, 2.45) is 0 Å². The van der Waals surface area contributed by atoms with Crippen LogP contribution in [0.5, 0.6) is 11.5 Å². The van der Waals surface area contributed by atoms with Crippen molar-refractivity contribution in [2.45, 2.75) is 12.2 Å². The average Bonchev–Trinajstić information content (AvgIpc) is 2.72. The van der Waals surface area contributed by atoms with Gasteiger partial charge in [0.15, 0.2) is 0 Å². The van der Waals surface area contributed by atoms with Crippen LogP contribution in [0.25, 0.3) is 10.8 Å². The summed E-state index contributed by atoms with van der Waals surface area (Å²) in [6.07, 6.45) is 0.973. The van der Waals surface area contributed by atoms with E-state index in [9.17, 15) is 0 Å². The molecule has 0 aromatic heterocycles. The van der Waals surface area contributed by atoms with Gasteiger partial charge < -0.3 is 9.47 Å². The molecule has 0 saturated carbocycles. The first-order valence-electron chi connectivity index (χ1n) is 8.79. The number of hydrogen-bond donors (Lipinski definition) is 0. The molecule has 2 nitrogen and oxygen atoms in total. The summed E-state index contributed by atoms with van der Waals surface area (Å²) in [5, 5.41) is 2.44. The monoisotopic (exact) mass is 414 g/mol. The minimum absolute atomic E-state index is 0.705. The highest BCUT2D eigenvalue weighted by molar-refractivity contribution is 8.46. The fourth-order valence-electron chi connectivity index (χ4n) is 2.57. The van der Waals surface area contributed by atoms with Gasteiger partial charge in [-0.15, -0.1) is 23.5 Å². The van der Waals surface area contributed by atoms with Gasteiger partial charge in [0.1, 0.15) is 15.0 Å². The molecule has 0 bridgehead atoms. The summed E-state index contributed by atoms with van der Waals surface area (Å²) in [5.41, 5.74) is 1.25. The molecule has 0 spiro atoms. The number of thiocarbonyl (C=S) groups is 1. The second-order valence-corrected chi connectivity index (χ2v) is 9.22. The summed E-state index contributed by atoms with van der Waals surface area (Å²) >= 11 is 8.90. The predicted octanol–water partition coefficient (Wildman–Crippen LogP) is 6.57. The number of benzene rings is 3. The maximum Gasteiger partial charge on any atom is 0.119 e. The minimum Gasteiger partial charge on any atom is -0.497 e. The molecule has 27 heavy (non-hydrogen) atoms. The summed E-state index contributed by atoms with van der Waals surface area (Å²) in [6.45, 7) is 0.705. The van der Waals surface area contributed by atoms with Crippen LogP contribution in [-0.2, 0) is 5.75 Å². The number of ether oxygens (including phenoxy) is 2. The van der Waals surface area contributed by atoms with Gasteiger partial charge in [-0.2, -0.15) is 0 Å². The zero-order valence-electron chi connectivity index (χ0n) is 15.2. The topological polar surface area (TPSA) is 18.5 Å². The highest BCUT2D eigenvalue weighted by Gasteiger charge is 2.02. The van der Waals surface area contributed by atoms with Crippen molar-refractivity contribution >= 4 is 50.0 Å². The summed E-state index contributed by atoms with van der Waals surface area (Å²) in [4.78, 5) is 0. The molecule has 0 N–H and O–H groups in total. The Morgan fingerprint density at radius 3 is 2.41 bits per heavy atom. The van der Waals surface area contributed by atoms with E-state index in [4.69, 9.17) is 21.7 Å². The first kappa shape index (κ1) is 20.1. The number of methoxy groups -OCH3 is 1. The van der Waals surface area contributed by atoms with Crippen molar-refractivity contribution in [3.05, 3.63) is 72.3 Å². The lowest BCUT2D eigenvalue weighted by molar-refractivity contribution is 0.319. The van der Waals surface area contributed by atoms with Gasteiger partial charge in [0, 0.05) is 11.5 Å². The van der Waals surface area contributed by atoms with Crippen molar-refractivity contribution < 1.29 is 9.47 Å². The average molecular weight is 415 g/mol. The molecule has 3 rings (SSSR count). The Bertz CT molecular complexity index is 878. The van der Waals surface area contributed by atoms with Gasteiger partial charge in [-0.1, -0.05) is 54.7 Å². The van der Waals surface area contributed by atoms with Gasteiger partial charge in [0.2, 0.25) is 0 Å². The van der Waals surface area contributed by atoms with Gasteiger partial charge in [-0.25, -0.2) is 0 Å². The van der Waals surface area contributed by atoms with Gasteiger partial charge in [0.25, 0.3) is 0 Å². The molecule has 0 aliphatic heterocycles. The Hall–Kier alpha value is -1.69. The van der Waals surface area contributed by atoms with Gasteiger partial charge in [-0.3, -0.25) is 0 Å². The molecular formula is C22H22O2S3. The quantitative estimate of drug-likeness (QED) is 0.306. The minimum atomic E-state index is 0.705. The lowest BCUT2D eigenvalue weighted by Crippen LogP contribution is -1.99. The molecule has 0 aliphatic rings. The first-order chi connectivity index (χ1) is 13.2. The zero-order valence-corrected chi connectivity index (χ0v) is 17.7. The van der Waals surface area contributed by atoms with Crippen LogP contribution in [0, 0.1) is 0 Å². The van der Waals surface area contributed by atoms with Crippen molar-refractivity contribution in [1.29, 1.82) is 0 Å². The molecule has 3 aromatic rings. The van der Waals surface area contributed by atoms with E-state index in [1.807, 2.05) is 24.3 Å². The Kier molecular flexibility index (Phi) is 7.87. The highest BCUT2D eigenvalue weighted by atomic mass is 32.2. The van der Waals surface area contributed by atoms with Gasteiger partial charge >= 0.3 is 0 Å². The van der Waals surface area contributed by atoms with E-state index in [0.29, 0.717) is 6.61 Å². The fourth-order valence-corrected chi connectivity index (χ4v) is 4.66. The molecule has 0 heterocycles. The summed E-state index contributed by atoms with van der Waals surface area (Å²) in [5.74, 6) is 3.67. The Morgan fingerprint density at radius 1 is 0.889 bits per heavy atom. The third-order valence-corrected chi connectivity index (χ3v) is 6.87. The lowest BCUT2D eigenvalue weighted by Gasteiger charge is -2.08. The van der Waals surface area contributed by atoms with Crippen LogP contribution < -0.4 is 9.47 Å². The normalized spacial score (nSPS) is 10.7. The molecule has 0 fully saturated rings. The van der Waals surface area contributed by atoms with Crippen molar-refractivity contribution in [3.63, 3.8) is 0 Å². The molecule has 140 valence electrons. The van der Waals surface area contributed by atoms with E-state index in [-0.39, 0.29) is 0 Å². The molecule has 3 aromatic carbocycles. The van der Waals surface area contributed by atoms with Crippen LogP contribution >= 0.6 is 35.7 Å². The third kappa shape index (κ3) is 6.45. The molecule has 0 atom stereocenters. The maximum atomic E-state index is 5.87. The summed E-state index contributed by atoms with van der Waals surface area (Å²) in [6, 6.07) is 22.7. The standard InChI is InChI=1S/C22H22O2S3/c1-23-20-10-7-17(8-11-20)16-27-22(25)26-14-4-13-24-21-12-9-18-5-2-3-6-19(18)15-21/h2-3,5-12,15H,4,13-14,16H2,1H3. The molecule has 0 amide bonds. The Morgan fingerprint density at radius 2 is 1.63 bits per heavy atom. The Balaban J connectivity index is 1.32. The largest absolute Gasteiger partial charge is 0.497 e. The van der Waals surface area contributed by atoms with Gasteiger partial charge in [0.05, 0.1) is 13.7 Å². The maximum absolute atomic E-state index is 5.87. The van der Waals surface area contributed by atoms with Crippen molar-refractivity contribution in [1.82, 2.24) is 0 Å². The van der Waals surface area contributed by atoms with Crippen LogP contribution in [0.3, 0.4) is 0 Å². The van der Waals surface area contributed by atoms with E-state index in [2.05, 4.69) is 42.5 Å². The van der Waals surface area contributed by atoms with E-state index in [1.54, 1.807) is 30.6 Å². The molecule has 5 heteroatoms. The summed E-state index contributed by atoms with van der Waals surface area (Å²) < 4.78 is 12.0. The van der Waals surface area contributed by atoms with Crippen LogP contribution in [0.1, 0.15) is 12.0 Å². The smallest absolute Gasteiger partial charge is 0.119 e. The van der Waals surface area contributed by atoms with E-state index in [0.717, 1.165) is 33.0 Å². The second kappa shape index (κ2) is 10.6. The molecule has 0 unspecified atom stereocenters. The van der Waals surface area contributed by atoms with Gasteiger partial charge in [-0.05, 0) is 47.0 Å². The number of thioether (sulfide) groups is 2. The SMILES string of the molecule is COc1ccc(CSC(=S)SCCCOc2ccc3ccccc3c2)cc1. The van der Waals surface area contributed by atoms with E-state index < -0.39 is 0 Å². The molecule has 0 aliphatic carbocycles. The lowest BCUT2D eigenvalue weighted by atomic mass is 10.1. The van der Waals surface area contributed by atoms with Crippen LogP contribution in [-0.4, -0.2) is 23.0 Å². The van der Waals surface area contributed by atoms with Crippen molar-refractivity contribution in [3.8, 4) is 11.5 Å². The highest BCUT2D eigenvalue weighted by Crippen LogP contribution is 2.24. The summed E-state index contributed by atoms with van der Waals surface area (Å²) in [7, 11) is 1.68. The van der Waals surface area contributed by atoms with Crippen LogP contribution in [0.4, 0.5) is 0 Å². The zero-order chi connectivity index (χ0) is 18.9. The van der Waals surface area contributed by atoms with Crippen LogP contribution in [0.2, 0.25) is 0 Å². The third-order valence-electron chi connectivity index (χ3n) is 4.01. The van der Waals surface area contributed by atoms with E-state index in [1.165, 1.54) is 16.3 Å². The molecule has 0 saturated heterocycles. The fraction of sp³-hybridized carbons (Fsp3) is 0.227. The number of rotatable bonds is 8. The number of fused-ring (bicyclic) bond motifs is 1. The Labute approximate surface area is 174 Å². The number of hydrogen-bond acceptors (Lipinski definition) is 5. The second-order valence-electron chi connectivity index (χ2n) is 5.95. The van der Waals surface area contributed by atoms with Crippen LogP contribution in [0.15, 0.2) is 66.7 Å². The molecule has 0 radical (unpaired) electrons. The molecular weight excluding hydrogens is 392 g/mol. The first-order valence-corrected chi connectivity index (χ1v) is 11.2.